The van der Waals surface area contributed by atoms with Crippen molar-refractivity contribution in [2.24, 2.45) is 0 Å². The number of hydrogen-bond acceptors (Lipinski definition) is 4. The summed E-state index contributed by atoms with van der Waals surface area (Å²) in [6.45, 7) is 8.36. The molecule has 96 valence electrons. The molecule has 18 heavy (non-hydrogen) atoms. The van der Waals surface area contributed by atoms with E-state index in [1.807, 2.05) is 6.20 Å². The van der Waals surface area contributed by atoms with Gasteiger partial charge in [-0.1, -0.05) is 0 Å². The molecule has 5 heteroatoms. The monoisotopic (exact) mass is 246 g/mol. The molecule has 0 N–H and O–H groups in total. The third-order valence-corrected chi connectivity index (χ3v) is 4.42. The van der Waals surface area contributed by atoms with Gasteiger partial charge in [-0.25, -0.2) is 0 Å². The molecule has 2 atom stereocenters. The lowest BCUT2D eigenvalue weighted by Gasteiger charge is -2.32. The molecule has 2 aliphatic rings. The van der Waals surface area contributed by atoms with Gasteiger partial charge in [-0.05, 0) is 34.1 Å². The van der Waals surface area contributed by atoms with Crippen molar-refractivity contribution in [3.63, 3.8) is 0 Å². The van der Waals surface area contributed by atoms with Crippen LogP contribution in [0.3, 0.4) is 0 Å². The maximum Gasteiger partial charge on any atom is 0.461 e. The molecule has 0 amide bonds. The lowest BCUT2D eigenvalue weighted by Crippen LogP contribution is -2.41. The second-order valence-electron chi connectivity index (χ2n) is 6.26. The van der Waals surface area contributed by atoms with Crippen LogP contribution in [0.4, 0.5) is 0 Å². The Morgan fingerprint density at radius 2 is 1.83 bits per heavy atom. The standard InChI is InChI=1S/C13H19BN2O2/c1-12(2)13(3,4)18-14(17-12)10-7-9(10)11-8-15-5-6-16-11/h5-6,8-10H,7H2,1-4H3. The summed E-state index contributed by atoms with van der Waals surface area (Å²) < 4.78 is 12.1. The first-order chi connectivity index (χ1) is 8.41. The molecule has 0 radical (unpaired) electrons. The van der Waals surface area contributed by atoms with E-state index in [9.17, 15) is 0 Å². The Morgan fingerprint density at radius 3 is 2.39 bits per heavy atom. The van der Waals surface area contributed by atoms with E-state index in [-0.39, 0.29) is 18.3 Å². The van der Waals surface area contributed by atoms with E-state index >= 15 is 0 Å². The van der Waals surface area contributed by atoms with Crippen LogP contribution in [-0.4, -0.2) is 28.3 Å². The summed E-state index contributed by atoms with van der Waals surface area (Å²) in [7, 11) is -0.109. The molecule has 1 saturated carbocycles. The van der Waals surface area contributed by atoms with Crippen molar-refractivity contribution < 1.29 is 9.31 Å². The van der Waals surface area contributed by atoms with Gasteiger partial charge in [-0.3, -0.25) is 9.97 Å². The zero-order chi connectivity index (χ0) is 13.0. The van der Waals surface area contributed by atoms with Gasteiger partial charge in [-0.15, -0.1) is 0 Å². The number of aromatic nitrogens is 2. The van der Waals surface area contributed by atoms with Gasteiger partial charge in [0.05, 0.1) is 16.9 Å². The van der Waals surface area contributed by atoms with Gasteiger partial charge in [0, 0.05) is 30.3 Å². The van der Waals surface area contributed by atoms with Crippen molar-refractivity contribution in [1.29, 1.82) is 0 Å². The van der Waals surface area contributed by atoms with E-state index in [0.717, 1.165) is 12.1 Å². The predicted molar refractivity (Wildman–Crippen MR) is 69.2 cm³/mol. The molecule has 1 aliphatic heterocycles. The normalized spacial score (nSPS) is 32.6. The minimum atomic E-state index is -0.243. The lowest BCUT2D eigenvalue weighted by molar-refractivity contribution is 0.00578. The van der Waals surface area contributed by atoms with Crippen LogP contribution in [0.15, 0.2) is 18.6 Å². The van der Waals surface area contributed by atoms with Crippen molar-refractivity contribution in [3.8, 4) is 0 Å². The second kappa shape index (κ2) is 3.78. The molecule has 0 aromatic carbocycles. The molecule has 3 rings (SSSR count). The third kappa shape index (κ3) is 1.86. The van der Waals surface area contributed by atoms with E-state index in [0.29, 0.717) is 11.7 Å². The van der Waals surface area contributed by atoms with E-state index < -0.39 is 0 Å². The Bertz CT molecular complexity index is 434. The molecule has 4 nitrogen and oxygen atoms in total. The van der Waals surface area contributed by atoms with Crippen LogP contribution in [0.25, 0.3) is 0 Å². The maximum absolute atomic E-state index is 6.07. The summed E-state index contributed by atoms with van der Waals surface area (Å²) in [6.07, 6.45) is 6.37. The smallest absolute Gasteiger partial charge is 0.403 e. The molecule has 1 aliphatic carbocycles. The fourth-order valence-corrected chi connectivity index (χ4v) is 2.42. The van der Waals surface area contributed by atoms with Crippen molar-refractivity contribution in [2.75, 3.05) is 0 Å². The minimum absolute atomic E-state index is 0.109. The maximum atomic E-state index is 6.07. The summed E-state index contributed by atoms with van der Waals surface area (Å²) in [5.41, 5.74) is 0.567. The van der Waals surface area contributed by atoms with E-state index in [2.05, 4.69) is 37.7 Å². The Balaban J connectivity index is 1.70. The van der Waals surface area contributed by atoms with E-state index in [1.54, 1.807) is 12.4 Å². The first-order valence-electron chi connectivity index (χ1n) is 6.52. The Labute approximate surface area is 108 Å². The zero-order valence-corrected chi connectivity index (χ0v) is 11.4. The highest BCUT2D eigenvalue weighted by Gasteiger charge is 2.60. The van der Waals surface area contributed by atoms with Crippen molar-refractivity contribution in [1.82, 2.24) is 9.97 Å². The van der Waals surface area contributed by atoms with Gasteiger partial charge >= 0.3 is 7.12 Å². The number of nitrogens with zero attached hydrogens (tertiary/aromatic N) is 2. The fraction of sp³-hybridized carbons (Fsp3) is 0.692. The van der Waals surface area contributed by atoms with Crippen LogP contribution < -0.4 is 0 Å². The van der Waals surface area contributed by atoms with Crippen LogP contribution in [0.1, 0.15) is 45.7 Å². The molecule has 0 spiro atoms. The highest BCUT2D eigenvalue weighted by atomic mass is 16.7. The molecule has 1 aromatic rings. The molecule has 1 saturated heterocycles. The molecule has 2 unspecified atom stereocenters. The molecule has 2 fully saturated rings. The first kappa shape index (κ1) is 12.1. The van der Waals surface area contributed by atoms with Gasteiger partial charge in [0.15, 0.2) is 0 Å². The van der Waals surface area contributed by atoms with Gasteiger partial charge < -0.3 is 9.31 Å². The summed E-state index contributed by atoms with van der Waals surface area (Å²) >= 11 is 0. The van der Waals surface area contributed by atoms with Crippen molar-refractivity contribution in [2.45, 2.75) is 57.1 Å². The quantitative estimate of drug-likeness (QED) is 0.751. The number of rotatable bonds is 2. The fourth-order valence-electron chi connectivity index (χ4n) is 2.42. The largest absolute Gasteiger partial charge is 0.461 e. The van der Waals surface area contributed by atoms with Gasteiger partial charge in [0.2, 0.25) is 0 Å². The van der Waals surface area contributed by atoms with Crippen LogP contribution in [0.2, 0.25) is 5.82 Å². The molecular formula is C13H19BN2O2. The summed E-state index contributed by atoms with van der Waals surface area (Å²) in [5.74, 6) is 0.858. The van der Waals surface area contributed by atoms with Crippen LogP contribution in [-0.2, 0) is 9.31 Å². The van der Waals surface area contributed by atoms with Gasteiger partial charge in [0.25, 0.3) is 0 Å². The summed E-state index contributed by atoms with van der Waals surface area (Å²) in [5, 5.41) is 0. The highest BCUT2D eigenvalue weighted by Crippen LogP contribution is 2.57. The molecular weight excluding hydrogens is 227 g/mol. The van der Waals surface area contributed by atoms with Crippen LogP contribution in [0.5, 0.6) is 0 Å². The molecule has 2 heterocycles. The van der Waals surface area contributed by atoms with Crippen molar-refractivity contribution >= 4 is 7.12 Å². The summed E-state index contributed by atoms with van der Waals surface area (Å²) in [6, 6.07) is 0. The topological polar surface area (TPSA) is 44.2 Å². The van der Waals surface area contributed by atoms with Gasteiger partial charge in [-0.2, -0.15) is 0 Å². The zero-order valence-electron chi connectivity index (χ0n) is 11.4. The minimum Gasteiger partial charge on any atom is -0.403 e. The van der Waals surface area contributed by atoms with Crippen molar-refractivity contribution in [3.05, 3.63) is 24.3 Å². The highest BCUT2D eigenvalue weighted by molar-refractivity contribution is 6.49. The SMILES string of the molecule is CC1(C)OB(C2CC2c2cnccn2)OC1(C)C. The van der Waals surface area contributed by atoms with E-state index in [4.69, 9.17) is 9.31 Å². The third-order valence-electron chi connectivity index (χ3n) is 4.42. The predicted octanol–water partition coefficient (Wildman–Crippen LogP) is 2.43. The Morgan fingerprint density at radius 1 is 1.17 bits per heavy atom. The molecule has 0 bridgehead atoms. The average Bonchev–Trinajstić information content (AvgIpc) is 3.04. The second-order valence-corrected chi connectivity index (χ2v) is 6.26. The lowest BCUT2D eigenvalue weighted by atomic mass is 9.80. The van der Waals surface area contributed by atoms with Gasteiger partial charge in [0.1, 0.15) is 0 Å². The summed E-state index contributed by atoms with van der Waals surface area (Å²) in [4.78, 5) is 8.48. The molecule has 1 aromatic heterocycles. The number of hydrogen-bond donors (Lipinski definition) is 0. The Kier molecular flexibility index (Phi) is 2.54. The Hall–Kier alpha value is -0.935. The first-order valence-corrected chi connectivity index (χ1v) is 6.52. The van der Waals surface area contributed by atoms with Crippen LogP contribution >= 0.6 is 0 Å². The average molecular weight is 246 g/mol. The van der Waals surface area contributed by atoms with Crippen LogP contribution in [0, 0.1) is 0 Å². The van der Waals surface area contributed by atoms with E-state index in [1.165, 1.54) is 0 Å².